The average Bonchev–Trinajstić information content (AvgIpc) is 4.00. The molecule has 7 nitrogen and oxygen atoms in total. The molecule has 0 saturated carbocycles. The molecular formula is C52H32N6O. The highest BCUT2D eigenvalue weighted by atomic mass is 16.3. The van der Waals surface area contributed by atoms with Crippen molar-refractivity contribution in [3.05, 3.63) is 194 Å². The van der Waals surface area contributed by atoms with Gasteiger partial charge in [0.25, 0.3) is 0 Å². The molecule has 12 aromatic rings. The summed E-state index contributed by atoms with van der Waals surface area (Å²) in [7, 11) is 0. The summed E-state index contributed by atoms with van der Waals surface area (Å²) in [5.41, 5.74) is 11.5. The lowest BCUT2D eigenvalue weighted by atomic mass is 10.0. The number of hydrogen-bond donors (Lipinski definition) is 0. The molecule has 0 fully saturated rings. The monoisotopic (exact) mass is 756 g/mol. The van der Waals surface area contributed by atoms with Gasteiger partial charge >= 0.3 is 0 Å². The first-order valence-electron chi connectivity index (χ1n) is 19.7. The minimum atomic E-state index is 0.529. The molecule has 0 radical (unpaired) electrons. The molecule has 0 atom stereocenters. The number of hydrogen-bond acceptors (Lipinski definition) is 5. The van der Waals surface area contributed by atoms with Crippen LogP contribution in [-0.4, -0.2) is 29.1 Å². The van der Waals surface area contributed by atoms with Crippen LogP contribution < -0.4 is 0 Å². The fourth-order valence-corrected chi connectivity index (χ4v) is 8.57. The highest BCUT2D eigenvalue weighted by Crippen LogP contribution is 2.43. The summed E-state index contributed by atoms with van der Waals surface area (Å²) in [5.74, 6) is 2.27. The van der Waals surface area contributed by atoms with Crippen LogP contribution in [0.3, 0.4) is 0 Å². The molecule has 0 N–H and O–H groups in total. The molecule has 8 aromatic carbocycles. The zero-order valence-electron chi connectivity index (χ0n) is 31.6. The van der Waals surface area contributed by atoms with Gasteiger partial charge in [-0.15, -0.1) is 0 Å². The standard InChI is InChI=1S/C52H32N6O/c1-3-16-33(17-4-1)35-20-15-21-36(32-35)50-54-49(34-18-5-2-6-19-34)55-52(56-50)58-44-27-12-8-23-38(44)40-31-30-39-37-22-7-11-26-43(37)57(47(39)48(40)58)45-28-13-9-24-41(45)51-53-42-25-10-14-29-46(42)59-51/h1-32H. The normalized spacial score (nSPS) is 11.7. The Labute approximate surface area is 338 Å². The zero-order valence-corrected chi connectivity index (χ0v) is 31.6. The van der Waals surface area contributed by atoms with Crippen LogP contribution in [0, 0.1) is 0 Å². The smallest absolute Gasteiger partial charge is 0.238 e. The maximum absolute atomic E-state index is 6.44. The summed E-state index contributed by atoms with van der Waals surface area (Å²) in [4.78, 5) is 20.8. The summed E-state index contributed by atoms with van der Waals surface area (Å²) in [6.45, 7) is 0. The predicted octanol–water partition coefficient (Wildman–Crippen LogP) is 12.9. The summed E-state index contributed by atoms with van der Waals surface area (Å²) >= 11 is 0. The summed E-state index contributed by atoms with van der Waals surface area (Å²) < 4.78 is 11.0. The second kappa shape index (κ2) is 13.2. The molecule has 0 aliphatic carbocycles. The van der Waals surface area contributed by atoms with Crippen molar-refractivity contribution in [2.24, 2.45) is 0 Å². The van der Waals surface area contributed by atoms with Gasteiger partial charge in [-0.05, 0) is 53.6 Å². The van der Waals surface area contributed by atoms with E-state index < -0.39 is 0 Å². The van der Waals surface area contributed by atoms with E-state index in [1.54, 1.807) is 0 Å². The van der Waals surface area contributed by atoms with Crippen molar-refractivity contribution in [1.29, 1.82) is 0 Å². The third-order valence-corrected chi connectivity index (χ3v) is 11.2. The highest BCUT2D eigenvalue weighted by molar-refractivity contribution is 6.24. The van der Waals surface area contributed by atoms with Gasteiger partial charge in [-0.1, -0.05) is 152 Å². The largest absolute Gasteiger partial charge is 0.436 e. The SMILES string of the molecule is c1ccc(-c2cccc(-c3nc(-c4ccccc4)nc(-n4c5ccccc5c5ccc6c7ccccc7n(-c7ccccc7-c7nc8ccccc8o7)c6c54)n3)c2)cc1. The summed E-state index contributed by atoms with van der Waals surface area (Å²) in [5, 5.41) is 4.43. The molecule has 0 amide bonds. The Bertz CT molecular complexity index is 3530. The first-order chi connectivity index (χ1) is 29.3. The Kier molecular flexibility index (Phi) is 7.40. The van der Waals surface area contributed by atoms with Gasteiger partial charge < -0.3 is 8.98 Å². The second-order valence-electron chi connectivity index (χ2n) is 14.7. The third-order valence-electron chi connectivity index (χ3n) is 11.2. The molecule has 0 aliphatic rings. The fraction of sp³-hybridized carbons (Fsp3) is 0. The van der Waals surface area contributed by atoms with E-state index in [4.69, 9.17) is 24.4 Å². The molecule has 0 aliphatic heterocycles. The number of aromatic nitrogens is 6. The lowest BCUT2D eigenvalue weighted by Crippen LogP contribution is -2.07. The molecule has 0 saturated heterocycles. The number of nitrogens with zero attached hydrogens (tertiary/aromatic N) is 6. The Hall–Kier alpha value is -8.16. The lowest BCUT2D eigenvalue weighted by molar-refractivity contribution is 0.619. The van der Waals surface area contributed by atoms with E-state index in [0.29, 0.717) is 23.5 Å². The molecule has 276 valence electrons. The van der Waals surface area contributed by atoms with E-state index in [1.165, 1.54) is 0 Å². The molecule has 12 rings (SSSR count). The topological polar surface area (TPSA) is 74.6 Å². The number of oxazole rings is 1. The quantitative estimate of drug-likeness (QED) is 0.169. The van der Waals surface area contributed by atoms with Crippen molar-refractivity contribution < 1.29 is 4.42 Å². The summed E-state index contributed by atoms with van der Waals surface area (Å²) in [6, 6.07) is 66.8. The molecule has 7 heteroatoms. The van der Waals surface area contributed by atoms with E-state index in [2.05, 4.69) is 137 Å². The minimum Gasteiger partial charge on any atom is -0.436 e. The van der Waals surface area contributed by atoms with Crippen molar-refractivity contribution >= 4 is 54.7 Å². The van der Waals surface area contributed by atoms with Crippen molar-refractivity contribution in [3.63, 3.8) is 0 Å². The van der Waals surface area contributed by atoms with Gasteiger partial charge in [-0.25, -0.2) is 9.97 Å². The van der Waals surface area contributed by atoms with E-state index in [0.717, 1.165) is 88.2 Å². The van der Waals surface area contributed by atoms with Crippen LogP contribution in [0.25, 0.3) is 112 Å². The highest BCUT2D eigenvalue weighted by Gasteiger charge is 2.25. The molecular weight excluding hydrogens is 725 g/mol. The zero-order chi connectivity index (χ0) is 38.9. The van der Waals surface area contributed by atoms with Gasteiger partial charge in [-0.2, -0.15) is 9.97 Å². The molecule has 0 spiro atoms. The van der Waals surface area contributed by atoms with Crippen LogP contribution >= 0.6 is 0 Å². The van der Waals surface area contributed by atoms with Crippen molar-refractivity contribution in [1.82, 2.24) is 29.1 Å². The Morgan fingerprint density at radius 1 is 0.373 bits per heavy atom. The first kappa shape index (κ1) is 33.0. The molecule has 0 unspecified atom stereocenters. The fourth-order valence-electron chi connectivity index (χ4n) is 8.57. The van der Waals surface area contributed by atoms with E-state index in [9.17, 15) is 0 Å². The number of rotatable bonds is 6. The van der Waals surface area contributed by atoms with Crippen molar-refractivity contribution in [2.45, 2.75) is 0 Å². The Balaban J connectivity index is 1.19. The van der Waals surface area contributed by atoms with Crippen LogP contribution in [0.5, 0.6) is 0 Å². The maximum Gasteiger partial charge on any atom is 0.238 e. The van der Waals surface area contributed by atoms with Crippen molar-refractivity contribution in [3.8, 4) is 57.0 Å². The Morgan fingerprint density at radius 3 is 1.68 bits per heavy atom. The van der Waals surface area contributed by atoms with Crippen LogP contribution in [0.15, 0.2) is 199 Å². The molecule has 4 heterocycles. The van der Waals surface area contributed by atoms with Gasteiger partial charge in [0.15, 0.2) is 17.2 Å². The third kappa shape index (κ3) is 5.29. The van der Waals surface area contributed by atoms with Gasteiger partial charge in [0.2, 0.25) is 11.8 Å². The maximum atomic E-state index is 6.44. The van der Waals surface area contributed by atoms with Crippen molar-refractivity contribution in [2.75, 3.05) is 0 Å². The number of benzene rings is 8. The van der Waals surface area contributed by atoms with Crippen LogP contribution in [0.1, 0.15) is 0 Å². The predicted molar refractivity (Wildman–Crippen MR) is 238 cm³/mol. The molecule has 0 bridgehead atoms. The van der Waals surface area contributed by atoms with Gasteiger partial charge in [-0.3, -0.25) is 4.57 Å². The number of para-hydroxylation sites is 5. The van der Waals surface area contributed by atoms with Gasteiger partial charge in [0, 0.05) is 32.7 Å². The van der Waals surface area contributed by atoms with E-state index in [-0.39, 0.29) is 0 Å². The Morgan fingerprint density at radius 2 is 0.932 bits per heavy atom. The second-order valence-corrected chi connectivity index (χ2v) is 14.7. The van der Waals surface area contributed by atoms with E-state index >= 15 is 0 Å². The molecule has 4 aromatic heterocycles. The number of fused-ring (bicyclic) bond motifs is 8. The van der Waals surface area contributed by atoms with Gasteiger partial charge in [0.1, 0.15) is 5.52 Å². The van der Waals surface area contributed by atoms with Crippen LogP contribution in [0.2, 0.25) is 0 Å². The molecule has 59 heavy (non-hydrogen) atoms. The summed E-state index contributed by atoms with van der Waals surface area (Å²) in [6.07, 6.45) is 0. The van der Waals surface area contributed by atoms with Crippen LogP contribution in [-0.2, 0) is 0 Å². The van der Waals surface area contributed by atoms with Gasteiger partial charge in [0.05, 0.1) is 33.3 Å². The average molecular weight is 757 g/mol. The van der Waals surface area contributed by atoms with E-state index in [1.807, 2.05) is 66.7 Å². The first-order valence-corrected chi connectivity index (χ1v) is 19.7. The lowest BCUT2D eigenvalue weighted by Gasteiger charge is -2.15. The van der Waals surface area contributed by atoms with Crippen LogP contribution in [0.4, 0.5) is 0 Å². The minimum absolute atomic E-state index is 0.529.